The van der Waals surface area contributed by atoms with Crippen LogP contribution in [-0.2, 0) is 0 Å². The van der Waals surface area contributed by atoms with E-state index in [0.717, 1.165) is 17.5 Å². The summed E-state index contributed by atoms with van der Waals surface area (Å²) in [7, 11) is 0. The number of nitrogen functional groups attached to an aromatic ring is 1. The number of nitrogens with two attached hydrogens (primary N) is 1. The molecule has 1 aromatic carbocycles. The Bertz CT molecular complexity index is 585. The Morgan fingerprint density at radius 1 is 1.22 bits per heavy atom. The molecular formula is C13H14FN3O. The summed E-state index contributed by atoms with van der Waals surface area (Å²) in [6.45, 7) is 3.74. The van der Waals surface area contributed by atoms with E-state index in [1.807, 2.05) is 26.0 Å². The number of amides is 1. The molecule has 0 bridgehead atoms. The molecule has 5 heteroatoms. The third-order valence-electron chi connectivity index (χ3n) is 2.75. The van der Waals surface area contributed by atoms with E-state index < -0.39 is 5.82 Å². The molecule has 0 aliphatic heterocycles. The molecule has 1 heterocycles. The van der Waals surface area contributed by atoms with E-state index in [9.17, 15) is 9.18 Å². The second kappa shape index (κ2) is 4.52. The van der Waals surface area contributed by atoms with E-state index in [4.69, 9.17) is 5.73 Å². The van der Waals surface area contributed by atoms with Crippen molar-refractivity contribution in [2.45, 2.75) is 13.8 Å². The molecule has 4 nitrogen and oxygen atoms in total. The fourth-order valence-corrected chi connectivity index (χ4v) is 1.68. The molecule has 0 spiro atoms. The smallest absolute Gasteiger partial charge is 0.270 e. The van der Waals surface area contributed by atoms with Crippen molar-refractivity contribution < 1.29 is 9.18 Å². The lowest BCUT2D eigenvalue weighted by Gasteiger charge is -2.11. The van der Waals surface area contributed by atoms with Gasteiger partial charge in [-0.2, -0.15) is 0 Å². The van der Waals surface area contributed by atoms with Crippen LogP contribution in [-0.4, -0.2) is 10.6 Å². The molecule has 0 saturated heterocycles. The maximum atomic E-state index is 13.3. The predicted molar refractivity (Wildman–Crippen MR) is 68.4 cm³/mol. The monoisotopic (exact) mass is 247 g/mol. The minimum atomic E-state index is -0.594. The highest BCUT2D eigenvalue weighted by molar-refractivity contribution is 6.00. The molecule has 0 aliphatic rings. The lowest BCUT2D eigenvalue weighted by atomic mass is 10.2. The van der Waals surface area contributed by atoms with Crippen LogP contribution in [0, 0.1) is 19.7 Å². The topological polar surface area (TPSA) is 60.0 Å². The molecule has 0 atom stereocenters. The number of nitrogens with zero attached hydrogens (tertiary/aromatic N) is 1. The lowest BCUT2D eigenvalue weighted by molar-refractivity contribution is 0.101. The fourth-order valence-electron chi connectivity index (χ4n) is 1.68. The van der Waals surface area contributed by atoms with E-state index in [2.05, 4.69) is 5.43 Å². The summed E-state index contributed by atoms with van der Waals surface area (Å²) in [5.41, 5.74) is 10.1. The Labute approximate surface area is 104 Å². The van der Waals surface area contributed by atoms with Gasteiger partial charge in [-0.1, -0.05) is 0 Å². The summed E-state index contributed by atoms with van der Waals surface area (Å²) in [6, 6.07) is 7.76. The van der Waals surface area contributed by atoms with Crippen LogP contribution in [0.15, 0.2) is 30.3 Å². The molecule has 94 valence electrons. The number of benzene rings is 1. The number of carbonyl (C=O) groups is 1. The third kappa shape index (κ3) is 2.20. The van der Waals surface area contributed by atoms with E-state index in [0.29, 0.717) is 0 Å². The van der Waals surface area contributed by atoms with E-state index in [1.165, 1.54) is 12.1 Å². The van der Waals surface area contributed by atoms with Crippen LogP contribution in [0.1, 0.15) is 21.7 Å². The molecular weight excluding hydrogens is 233 g/mol. The highest BCUT2D eigenvalue weighted by atomic mass is 19.1. The van der Waals surface area contributed by atoms with Crippen molar-refractivity contribution in [1.82, 2.24) is 4.68 Å². The predicted octanol–water partition coefficient (Wildman–Crippen LogP) is 2.21. The van der Waals surface area contributed by atoms with Gasteiger partial charge in [0.2, 0.25) is 0 Å². The van der Waals surface area contributed by atoms with Gasteiger partial charge in [0.1, 0.15) is 5.82 Å². The standard InChI is InChI=1S/C13H14FN3O/c1-8-3-4-9(2)17(8)16-13(18)10-5-6-12(15)11(14)7-10/h3-7H,15H2,1-2H3,(H,16,18). The summed E-state index contributed by atoms with van der Waals surface area (Å²) in [5, 5.41) is 0. The summed E-state index contributed by atoms with van der Waals surface area (Å²) in [6.07, 6.45) is 0. The molecule has 18 heavy (non-hydrogen) atoms. The van der Waals surface area contributed by atoms with Gasteiger partial charge in [0.15, 0.2) is 0 Å². The highest BCUT2D eigenvalue weighted by Gasteiger charge is 2.10. The number of aromatic nitrogens is 1. The number of nitrogens with one attached hydrogen (secondary N) is 1. The zero-order valence-electron chi connectivity index (χ0n) is 10.2. The normalized spacial score (nSPS) is 10.4. The molecule has 0 radical (unpaired) electrons. The van der Waals surface area contributed by atoms with Crippen LogP contribution in [0.3, 0.4) is 0 Å². The van der Waals surface area contributed by atoms with Crippen LogP contribution in [0.5, 0.6) is 0 Å². The van der Waals surface area contributed by atoms with Crippen molar-refractivity contribution in [1.29, 1.82) is 0 Å². The first-order valence-electron chi connectivity index (χ1n) is 5.50. The number of hydrogen-bond donors (Lipinski definition) is 2. The minimum Gasteiger partial charge on any atom is -0.396 e. The average molecular weight is 247 g/mol. The number of carbonyl (C=O) groups excluding carboxylic acids is 1. The van der Waals surface area contributed by atoms with Crippen molar-refractivity contribution in [3.63, 3.8) is 0 Å². The second-order valence-corrected chi connectivity index (χ2v) is 4.13. The Balaban J connectivity index is 2.25. The Morgan fingerprint density at radius 2 is 1.83 bits per heavy atom. The van der Waals surface area contributed by atoms with Crippen LogP contribution in [0.25, 0.3) is 0 Å². The highest BCUT2D eigenvalue weighted by Crippen LogP contribution is 2.12. The van der Waals surface area contributed by atoms with Crippen molar-refractivity contribution in [3.8, 4) is 0 Å². The van der Waals surface area contributed by atoms with E-state index in [1.54, 1.807) is 4.68 Å². The molecule has 3 N–H and O–H groups in total. The number of halogens is 1. The van der Waals surface area contributed by atoms with Crippen LogP contribution < -0.4 is 11.2 Å². The Hall–Kier alpha value is -2.30. The Morgan fingerprint density at radius 3 is 2.39 bits per heavy atom. The third-order valence-corrected chi connectivity index (χ3v) is 2.75. The molecule has 0 unspecified atom stereocenters. The first kappa shape index (κ1) is 12.2. The molecule has 2 rings (SSSR count). The first-order chi connectivity index (χ1) is 8.49. The lowest BCUT2D eigenvalue weighted by Crippen LogP contribution is -2.24. The second-order valence-electron chi connectivity index (χ2n) is 4.13. The summed E-state index contributed by atoms with van der Waals surface area (Å²) in [4.78, 5) is 11.9. The number of anilines is 1. The van der Waals surface area contributed by atoms with Crippen molar-refractivity contribution in [2.75, 3.05) is 11.2 Å². The molecule has 1 amide bonds. The van der Waals surface area contributed by atoms with Gasteiger partial charge in [0.25, 0.3) is 5.91 Å². The number of rotatable bonds is 2. The average Bonchev–Trinajstić information content (AvgIpc) is 2.64. The molecule has 0 fully saturated rings. The van der Waals surface area contributed by atoms with Crippen molar-refractivity contribution in [2.24, 2.45) is 0 Å². The van der Waals surface area contributed by atoms with Crippen LogP contribution in [0.4, 0.5) is 10.1 Å². The van der Waals surface area contributed by atoms with E-state index >= 15 is 0 Å². The summed E-state index contributed by atoms with van der Waals surface area (Å²) >= 11 is 0. The fraction of sp³-hybridized carbons (Fsp3) is 0.154. The van der Waals surface area contributed by atoms with Crippen LogP contribution in [0.2, 0.25) is 0 Å². The maximum Gasteiger partial charge on any atom is 0.270 e. The van der Waals surface area contributed by atoms with Gasteiger partial charge in [0.05, 0.1) is 5.69 Å². The quantitative estimate of drug-likeness (QED) is 0.799. The van der Waals surface area contributed by atoms with Gasteiger partial charge in [-0.25, -0.2) is 4.39 Å². The van der Waals surface area contributed by atoms with Gasteiger partial charge in [-0.15, -0.1) is 0 Å². The van der Waals surface area contributed by atoms with Gasteiger partial charge in [-0.3, -0.25) is 14.9 Å². The minimum absolute atomic E-state index is 0.0277. The number of aryl methyl sites for hydroxylation is 2. The van der Waals surface area contributed by atoms with Crippen molar-refractivity contribution in [3.05, 3.63) is 53.1 Å². The van der Waals surface area contributed by atoms with Gasteiger partial charge in [0, 0.05) is 17.0 Å². The van der Waals surface area contributed by atoms with Crippen LogP contribution >= 0.6 is 0 Å². The zero-order chi connectivity index (χ0) is 13.3. The molecule has 1 aromatic heterocycles. The van der Waals surface area contributed by atoms with Gasteiger partial charge >= 0.3 is 0 Å². The first-order valence-corrected chi connectivity index (χ1v) is 5.50. The zero-order valence-corrected chi connectivity index (χ0v) is 10.2. The molecule has 2 aromatic rings. The van der Waals surface area contributed by atoms with Gasteiger partial charge < -0.3 is 5.73 Å². The summed E-state index contributed by atoms with van der Waals surface area (Å²) in [5.74, 6) is -0.972. The SMILES string of the molecule is Cc1ccc(C)n1NC(=O)c1ccc(N)c(F)c1. The Kier molecular flexibility index (Phi) is 3.06. The largest absolute Gasteiger partial charge is 0.396 e. The maximum absolute atomic E-state index is 13.3. The molecule has 0 saturated carbocycles. The summed E-state index contributed by atoms with van der Waals surface area (Å²) < 4.78 is 14.9. The van der Waals surface area contributed by atoms with Gasteiger partial charge in [-0.05, 0) is 44.2 Å². The van der Waals surface area contributed by atoms with E-state index in [-0.39, 0.29) is 17.2 Å². The molecule has 0 aliphatic carbocycles. The number of hydrogen-bond acceptors (Lipinski definition) is 2. The van der Waals surface area contributed by atoms with Crippen molar-refractivity contribution >= 4 is 11.6 Å².